The van der Waals surface area contributed by atoms with Gasteiger partial charge in [-0.3, -0.25) is 4.79 Å². The summed E-state index contributed by atoms with van der Waals surface area (Å²) < 4.78 is 0. The second-order valence-electron chi connectivity index (χ2n) is 4.15. The Labute approximate surface area is 125 Å². The van der Waals surface area contributed by atoms with E-state index in [2.05, 4.69) is 5.32 Å². The highest BCUT2D eigenvalue weighted by atomic mass is 35.5. The average molecular weight is 301 g/mol. The molecule has 0 aromatic heterocycles. The summed E-state index contributed by atoms with van der Waals surface area (Å²) in [6.07, 6.45) is 0. The van der Waals surface area contributed by atoms with Crippen molar-refractivity contribution >= 4 is 29.2 Å². The molecule has 0 atom stereocenters. The van der Waals surface area contributed by atoms with Crippen molar-refractivity contribution in [3.8, 4) is 6.07 Å². The lowest BCUT2D eigenvalue weighted by atomic mass is 10.1. The van der Waals surface area contributed by atoms with Gasteiger partial charge in [0, 0.05) is 11.3 Å². The maximum atomic E-state index is 12.0. The highest BCUT2D eigenvalue weighted by molar-refractivity contribution is 6.32. The zero-order valence-electron chi connectivity index (χ0n) is 10.6. The van der Waals surface area contributed by atoms with E-state index in [4.69, 9.17) is 22.0 Å². The Balaban J connectivity index is 2.22. The van der Waals surface area contributed by atoms with Crippen molar-refractivity contribution in [1.29, 1.82) is 5.26 Å². The molecule has 2 N–H and O–H groups in total. The van der Waals surface area contributed by atoms with Crippen molar-refractivity contribution in [2.24, 2.45) is 0 Å². The van der Waals surface area contributed by atoms with Gasteiger partial charge >= 0.3 is 5.97 Å². The number of anilines is 1. The first-order valence-corrected chi connectivity index (χ1v) is 6.23. The summed E-state index contributed by atoms with van der Waals surface area (Å²) in [6.45, 7) is 0. The van der Waals surface area contributed by atoms with Gasteiger partial charge in [-0.2, -0.15) is 5.26 Å². The molecule has 0 fully saturated rings. The fraction of sp³-hybridized carbons (Fsp3) is 0. The van der Waals surface area contributed by atoms with Gasteiger partial charge in [0.25, 0.3) is 5.91 Å². The summed E-state index contributed by atoms with van der Waals surface area (Å²) in [5.41, 5.74) is 0.975. The van der Waals surface area contributed by atoms with Crippen molar-refractivity contribution in [1.82, 2.24) is 0 Å². The number of benzene rings is 2. The first-order valence-electron chi connectivity index (χ1n) is 5.85. The number of carboxylic acids is 1. The largest absolute Gasteiger partial charge is 0.478 e. The van der Waals surface area contributed by atoms with Crippen LogP contribution >= 0.6 is 11.6 Å². The zero-order valence-corrected chi connectivity index (χ0v) is 11.4. The fourth-order valence-electron chi connectivity index (χ4n) is 1.68. The normalized spacial score (nSPS) is 9.71. The van der Waals surface area contributed by atoms with Gasteiger partial charge in [-0.15, -0.1) is 0 Å². The number of nitrogens with zero attached hydrogens (tertiary/aromatic N) is 1. The summed E-state index contributed by atoms with van der Waals surface area (Å²) in [4.78, 5) is 22.9. The molecule has 0 radical (unpaired) electrons. The molecule has 21 heavy (non-hydrogen) atoms. The average Bonchev–Trinajstić information content (AvgIpc) is 2.47. The Kier molecular flexibility index (Phi) is 4.21. The Bertz CT molecular complexity index is 766. The summed E-state index contributed by atoms with van der Waals surface area (Å²) in [7, 11) is 0. The topological polar surface area (TPSA) is 90.2 Å². The Morgan fingerprint density at radius 1 is 1.14 bits per heavy atom. The van der Waals surface area contributed by atoms with Crippen LogP contribution in [0, 0.1) is 11.3 Å². The Hall–Kier alpha value is -2.84. The van der Waals surface area contributed by atoms with Gasteiger partial charge < -0.3 is 10.4 Å². The van der Waals surface area contributed by atoms with Crippen LogP contribution < -0.4 is 5.32 Å². The second kappa shape index (κ2) is 6.07. The number of nitrogens with one attached hydrogen (secondary N) is 1. The van der Waals surface area contributed by atoms with Crippen LogP contribution in [-0.4, -0.2) is 17.0 Å². The highest BCUT2D eigenvalue weighted by Gasteiger charge is 2.10. The van der Waals surface area contributed by atoms with Crippen molar-refractivity contribution in [3.05, 3.63) is 64.2 Å². The summed E-state index contributed by atoms with van der Waals surface area (Å²) >= 11 is 5.87. The van der Waals surface area contributed by atoms with Crippen LogP contribution in [0.3, 0.4) is 0 Å². The summed E-state index contributed by atoms with van der Waals surface area (Å²) in [5.74, 6) is -1.56. The van der Waals surface area contributed by atoms with E-state index in [-0.39, 0.29) is 16.1 Å². The van der Waals surface area contributed by atoms with Crippen LogP contribution in [0.25, 0.3) is 0 Å². The summed E-state index contributed by atoms with van der Waals surface area (Å²) in [6, 6.07) is 12.1. The number of hydrogen-bond donors (Lipinski definition) is 2. The minimum atomic E-state index is -1.11. The quantitative estimate of drug-likeness (QED) is 0.911. The predicted molar refractivity (Wildman–Crippen MR) is 77.5 cm³/mol. The van der Waals surface area contributed by atoms with E-state index >= 15 is 0 Å². The van der Waals surface area contributed by atoms with Crippen LogP contribution in [-0.2, 0) is 0 Å². The van der Waals surface area contributed by atoms with E-state index in [9.17, 15) is 9.59 Å². The number of carboxylic acid groups (broad SMARTS) is 1. The molecule has 2 aromatic carbocycles. The molecule has 0 aliphatic rings. The summed E-state index contributed by atoms with van der Waals surface area (Å²) in [5, 5.41) is 20.5. The van der Waals surface area contributed by atoms with Crippen molar-refractivity contribution in [2.75, 3.05) is 5.32 Å². The number of carbonyl (C=O) groups is 2. The first kappa shape index (κ1) is 14.6. The van der Waals surface area contributed by atoms with E-state index in [0.717, 1.165) is 0 Å². The maximum absolute atomic E-state index is 12.0. The van der Waals surface area contributed by atoms with E-state index in [1.54, 1.807) is 6.07 Å². The van der Waals surface area contributed by atoms with E-state index in [1.807, 2.05) is 6.07 Å². The molecule has 6 heteroatoms. The molecule has 2 rings (SSSR count). The monoisotopic (exact) mass is 300 g/mol. The molecule has 104 valence electrons. The molecular formula is C15H9ClN2O3. The smallest absolute Gasteiger partial charge is 0.335 e. The molecule has 0 saturated carbocycles. The van der Waals surface area contributed by atoms with Crippen LogP contribution in [0.5, 0.6) is 0 Å². The minimum Gasteiger partial charge on any atom is -0.478 e. The molecule has 5 nitrogen and oxygen atoms in total. The third-order valence-corrected chi connectivity index (χ3v) is 3.03. The molecule has 0 heterocycles. The SMILES string of the molecule is N#Cc1ccc(NC(=O)c2cccc(C(=O)O)c2)cc1Cl. The second-order valence-corrected chi connectivity index (χ2v) is 4.55. The van der Waals surface area contributed by atoms with Gasteiger partial charge in [-0.25, -0.2) is 4.79 Å². The molecule has 0 bridgehead atoms. The number of carbonyl (C=O) groups excluding carboxylic acids is 1. The lowest BCUT2D eigenvalue weighted by Gasteiger charge is -2.07. The van der Waals surface area contributed by atoms with Gasteiger partial charge in [0.1, 0.15) is 6.07 Å². The number of rotatable bonds is 3. The molecule has 0 spiro atoms. The molecule has 0 unspecified atom stereocenters. The molecule has 0 aliphatic carbocycles. The predicted octanol–water partition coefficient (Wildman–Crippen LogP) is 3.16. The maximum Gasteiger partial charge on any atom is 0.335 e. The van der Waals surface area contributed by atoms with Crippen molar-refractivity contribution in [3.63, 3.8) is 0 Å². The third-order valence-electron chi connectivity index (χ3n) is 2.72. The lowest BCUT2D eigenvalue weighted by molar-refractivity contribution is 0.0697. The van der Waals surface area contributed by atoms with Gasteiger partial charge in [0.2, 0.25) is 0 Å². The standard InChI is InChI=1S/C15H9ClN2O3/c16-13-7-12(5-4-11(13)8-17)18-14(19)9-2-1-3-10(6-9)15(20)21/h1-7H,(H,18,19)(H,20,21). The Morgan fingerprint density at radius 3 is 2.48 bits per heavy atom. The Morgan fingerprint density at radius 2 is 1.86 bits per heavy atom. The molecule has 2 aromatic rings. The molecular weight excluding hydrogens is 292 g/mol. The van der Waals surface area contributed by atoms with Gasteiger partial charge in [0.05, 0.1) is 16.1 Å². The molecule has 1 amide bonds. The van der Waals surface area contributed by atoms with Crippen molar-refractivity contribution in [2.45, 2.75) is 0 Å². The van der Waals surface area contributed by atoms with Crippen LogP contribution in [0.1, 0.15) is 26.3 Å². The minimum absolute atomic E-state index is 0.0283. The molecule has 0 aliphatic heterocycles. The first-order chi connectivity index (χ1) is 10.0. The van der Waals surface area contributed by atoms with E-state index in [0.29, 0.717) is 11.3 Å². The number of halogens is 1. The third kappa shape index (κ3) is 3.38. The van der Waals surface area contributed by atoms with E-state index < -0.39 is 11.9 Å². The van der Waals surface area contributed by atoms with Crippen LogP contribution in [0.15, 0.2) is 42.5 Å². The fourth-order valence-corrected chi connectivity index (χ4v) is 1.90. The number of nitriles is 1. The van der Waals surface area contributed by atoms with Crippen molar-refractivity contribution < 1.29 is 14.7 Å². The number of hydrogen-bond acceptors (Lipinski definition) is 3. The number of amides is 1. The zero-order chi connectivity index (χ0) is 15.4. The van der Waals surface area contributed by atoms with Gasteiger partial charge in [-0.1, -0.05) is 17.7 Å². The molecule has 0 saturated heterocycles. The van der Waals surface area contributed by atoms with E-state index in [1.165, 1.54) is 36.4 Å². The van der Waals surface area contributed by atoms with Crippen LogP contribution in [0.2, 0.25) is 5.02 Å². The number of aromatic carboxylic acids is 1. The van der Waals surface area contributed by atoms with Gasteiger partial charge in [-0.05, 0) is 36.4 Å². The van der Waals surface area contributed by atoms with Crippen LogP contribution in [0.4, 0.5) is 5.69 Å². The highest BCUT2D eigenvalue weighted by Crippen LogP contribution is 2.20. The van der Waals surface area contributed by atoms with Gasteiger partial charge in [0.15, 0.2) is 0 Å². The lowest BCUT2D eigenvalue weighted by Crippen LogP contribution is -2.12.